The zero-order chi connectivity index (χ0) is 15.1. The minimum Gasteiger partial charge on any atom is -0.340 e. The maximum absolute atomic E-state index is 9.00. The summed E-state index contributed by atoms with van der Waals surface area (Å²) < 4.78 is 1.95. The third-order valence-corrected chi connectivity index (χ3v) is 4.07. The summed E-state index contributed by atoms with van der Waals surface area (Å²) in [7, 11) is 4.12. The van der Waals surface area contributed by atoms with Crippen LogP contribution in [0.25, 0.3) is 0 Å². The Hall–Kier alpha value is -1.31. The molecule has 0 unspecified atom stereocenters. The molecule has 4 nitrogen and oxygen atoms in total. The fraction of sp³-hybridized carbons (Fsp3) is 0.688. The highest BCUT2D eigenvalue weighted by Gasteiger charge is 2.07. The average Bonchev–Trinajstić information content (AvgIpc) is 2.69. The second-order valence-corrected chi connectivity index (χ2v) is 5.77. The van der Waals surface area contributed by atoms with E-state index in [4.69, 9.17) is 5.26 Å². The molecule has 4 heteroatoms. The molecule has 0 bridgehead atoms. The van der Waals surface area contributed by atoms with E-state index in [1.54, 1.807) is 0 Å². The SMILES string of the molecule is Cc1c(CNCCCCN(C)C(C)C)cc(C#N)n1C. The third kappa shape index (κ3) is 4.66. The summed E-state index contributed by atoms with van der Waals surface area (Å²) in [4.78, 5) is 2.38. The van der Waals surface area contributed by atoms with E-state index < -0.39 is 0 Å². The van der Waals surface area contributed by atoms with Crippen molar-refractivity contribution in [3.63, 3.8) is 0 Å². The first-order valence-electron chi connectivity index (χ1n) is 7.43. The number of nitriles is 1. The van der Waals surface area contributed by atoms with Crippen LogP contribution < -0.4 is 5.32 Å². The van der Waals surface area contributed by atoms with E-state index in [9.17, 15) is 0 Å². The molecule has 20 heavy (non-hydrogen) atoms. The highest BCUT2D eigenvalue weighted by atomic mass is 15.1. The molecule has 1 aromatic heterocycles. The van der Waals surface area contributed by atoms with Gasteiger partial charge in [-0.2, -0.15) is 5.26 Å². The van der Waals surface area contributed by atoms with Gasteiger partial charge in [0.2, 0.25) is 0 Å². The Morgan fingerprint density at radius 3 is 2.65 bits per heavy atom. The molecule has 0 fully saturated rings. The van der Waals surface area contributed by atoms with Crippen molar-refractivity contribution in [3.8, 4) is 6.07 Å². The third-order valence-electron chi connectivity index (χ3n) is 4.07. The first-order chi connectivity index (χ1) is 9.47. The van der Waals surface area contributed by atoms with Crippen LogP contribution in [0.2, 0.25) is 0 Å². The van der Waals surface area contributed by atoms with Crippen LogP contribution in [-0.2, 0) is 13.6 Å². The lowest BCUT2D eigenvalue weighted by molar-refractivity contribution is 0.268. The van der Waals surface area contributed by atoms with Gasteiger partial charge in [0.1, 0.15) is 11.8 Å². The molecule has 0 aromatic carbocycles. The fourth-order valence-corrected chi connectivity index (χ4v) is 2.14. The molecule has 0 amide bonds. The van der Waals surface area contributed by atoms with E-state index in [0.29, 0.717) is 6.04 Å². The van der Waals surface area contributed by atoms with Gasteiger partial charge in [0.15, 0.2) is 0 Å². The maximum Gasteiger partial charge on any atom is 0.120 e. The number of nitrogens with zero attached hydrogens (tertiary/aromatic N) is 3. The predicted molar refractivity (Wildman–Crippen MR) is 83.6 cm³/mol. The smallest absolute Gasteiger partial charge is 0.120 e. The van der Waals surface area contributed by atoms with E-state index in [1.165, 1.54) is 24.1 Å². The van der Waals surface area contributed by atoms with Gasteiger partial charge in [0.05, 0.1) is 0 Å². The summed E-state index contributed by atoms with van der Waals surface area (Å²) in [5, 5.41) is 12.5. The van der Waals surface area contributed by atoms with Crippen LogP contribution in [0.1, 0.15) is 43.6 Å². The molecule has 112 valence electrons. The quantitative estimate of drug-likeness (QED) is 0.742. The number of aromatic nitrogens is 1. The maximum atomic E-state index is 9.00. The molecule has 0 saturated heterocycles. The van der Waals surface area contributed by atoms with Crippen molar-refractivity contribution in [1.82, 2.24) is 14.8 Å². The number of hydrogen-bond donors (Lipinski definition) is 1. The molecule has 0 spiro atoms. The van der Waals surface area contributed by atoms with E-state index in [1.807, 2.05) is 17.7 Å². The zero-order valence-corrected chi connectivity index (χ0v) is 13.5. The summed E-state index contributed by atoms with van der Waals surface area (Å²) in [5.74, 6) is 0. The summed E-state index contributed by atoms with van der Waals surface area (Å²) in [5.41, 5.74) is 3.13. The first kappa shape index (κ1) is 16.7. The van der Waals surface area contributed by atoms with Gasteiger partial charge in [-0.15, -0.1) is 0 Å². The summed E-state index contributed by atoms with van der Waals surface area (Å²) in [6.07, 6.45) is 2.41. The average molecular weight is 276 g/mol. The van der Waals surface area contributed by atoms with Gasteiger partial charge in [-0.1, -0.05) is 0 Å². The zero-order valence-electron chi connectivity index (χ0n) is 13.5. The second-order valence-electron chi connectivity index (χ2n) is 5.77. The van der Waals surface area contributed by atoms with Gasteiger partial charge in [-0.3, -0.25) is 0 Å². The molecule has 1 aromatic rings. The number of hydrogen-bond acceptors (Lipinski definition) is 3. The van der Waals surface area contributed by atoms with Crippen molar-refractivity contribution in [2.45, 2.75) is 46.2 Å². The van der Waals surface area contributed by atoms with Crippen molar-refractivity contribution in [2.24, 2.45) is 7.05 Å². The minimum atomic E-state index is 0.624. The van der Waals surface area contributed by atoms with Gasteiger partial charge < -0.3 is 14.8 Å². The highest BCUT2D eigenvalue weighted by molar-refractivity contribution is 5.33. The van der Waals surface area contributed by atoms with Crippen molar-refractivity contribution >= 4 is 0 Å². The van der Waals surface area contributed by atoms with Crippen LogP contribution in [0.15, 0.2) is 6.07 Å². The first-order valence-corrected chi connectivity index (χ1v) is 7.43. The lowest BCUT2D eigenvalue weighted by Gasteiger charge is -2.20. The van der Waals surface area contributed by atoms with Crippen LogP contribution in [0, 0.1) is 18.3 Å². The van der Waals surface area contributed by atoms with Crippen molar-refractivity contribution in [2.75, 3.05) is 20.1 Å². The normalized spacial score (nSPS) is 11.3. The predicted octanol–water partition coefficient (Wildman–Crippen LogP) is 2.42. The molecule has 0 aliphatic carbocycles. The standard InChI is InChI=1S/C16H28N4/c1-13(2)19(4)9-7-6-8-18-12-15-10-16(11-17)20(5)14(15)3/h10,13,18H,6-9,12H2,1-5H3. The Kier molecular flexibility index (Phi) is 6.77. The largest absolute Gasteiger partial charge is 0.340 e. The number of rotatable bonds is 8. The van der Waals surface area contributed by atoms with Gasteiger partial charge >= 0.3 is 0 Å². The number of unbranched alkanes of at least 4 members (excludes halogenated alkanes) is 1. The molecule has 0 aliphatic heterocycles. The van der Waals surface area contributed by atoms with Gasteiger partial charge in [-0.05, 0) is 65.4 Å². The number of nitrogens with one attached hydrogen (secondary N) is 1. The minimum absolute atomic E-state index is 0.624. The molecule has 1 N–H and O–H groups in total. The van der Waals surface area contributed by atoms with Crippen LogP contribution in [0.4, 0.5) is 0 Å². The molecular formula is C16H28N4. The Bertz CT molecular complexity index is 454. The van der Waals surface area contributed by atoms with Gasteiger partial charge in [0, 0.05) is 25.3 Å². The second kappa shape index (κ2) is 8.08. The molecule has 1 rings (SSSR count). The van der Waals surface area contributed by atoms with Crippen molar-refractivity contribution in [3.05, 3.63) is 23.0 Å². The summed E-state index contributed by atoms with van der Waals surface area (Å²) in [6, 6.07) is 4.83. The monoisotopic (exact) mass is 276 g/mol. The van der Waals surface area contributed by atoms with Gasteiger partial charge in [-0.25, -0.2) is 0 Å². The Morgan fingerprint density at radius 1 is 1.40 bits per heavy atom. The van der Waals surface area contributed by atoms with Crippen molar-refractivity contribution < 1.29 is 0 Å². The van der Waals surface area contributed by atoms with Crippen molar-refractivity contribution in [1.29, 1.82) is 5.26 Å². The van der Waals surface area contributed by atoms with E-state index in [-0.39, 0.29) is 0 Å². The highest BCUT2D eigenvalue weighted by Crippen LogP contribution is 2.12. The van der Waals surface area contributed by atoms with Crippen LogP contribution >= 0.6 is 0 Å². The molecule has 0 radical (unpaired) electrons. The molecule has 1 heterocycles. The van der Waals surface area contributed by atoms with E-state index >= 15 is 0 Å². The Balaban J connectivity index is 2.24. The van der Waals surface area contributed by atoms with Crippen LogP contribution in [0.5, 0.6) is 0 Å². The summed E-state index contributed by atoms with van der Waals surface area (Å²) >= 11 is 0. The van der Waals surface area contributed by atoms with Crippen LogP contribution in [0.3, 0.4) is 0 Å². The Morgan fingerprint density at radius 2 is 2.10 bits per heavy atom. The fourth-order valence-electron chi connectivity index (χ4n) is 2.14. The van der Waals surface area contributed by atoms with Crippen LogP contribution in [-0.4, -0.2) is 35.6 Å². The van der Waals surface area contributed by atoms with Gasteiger partial charge in [0.25, 0.3) is 0 Å². The molecule has 0 saturated carbocycles. The van der Waals surface area contributed by atoms with E-state index in [0.717, 1.165) is 25.3 Å². The lowest BCUT2D eigenvalue weighted by Crippen LogP contribution is -2.27. The summed E-state index contributed by atoms with van der Waals surface area (Å²) in [6.45, 7) is 9.55. The Labute approximate surface area is 123 Å². The molecular weight excluding hydrogens is 248 g/mol. The van der Waals surface area contributed by atoms with E-state index in [2.05, 4.69) is 44.1 Å². The topological polar surface area (TPSA) is 44.0 Å². The molecule has 0 aliphatic rings. The lowest BCUT2D eigenvalue weighted by atomic mass is 10.2. The molecule has 0 atom stereocenters.